The molecule has 0 unspecified atom stereocenters. The Labute approximate surface area is 149 Å². The summed E-state index contributed by atoms with van der Waals surface area (Å²) in [6.07, 6.45) is 1.98. The average molecular weight is 354 g/mol. The van der Waals surface area contributed by atoms with Crippen LogP contribution < -0.4 is 15.8 Å². The molecule has 1 fully saturated rings. The minimum atomic E-state index is -0.620. The van der Waals surface area contributed by atoms with Gasteiger partial charge in [0.25, 0.3) is 17.5 Å². The van der Waals surface area contributed by atoms with Gasteiger partial charge in [-0.3, -0.25) is 30.6 Å². The Balaban J connectivity index is 1.72. The molecule has 26 heavy (non-hydrogen) atoms. The molecule has 2 N–H and O–H groups in total. The normalized spacial score (nSPS) is 13.3. The summed E-state index contributed by atoms with van der Waals surface area (Å²) in [6.45, 7) is 1.53. The van der Waals surface area contributed by atoms with Crippen LogP contribution in [0, 0.1) is 10.1 Å². The molecule has 1 aliphatic heterocycles. The number of hydrogen-bond acceptors (Lipinski definition) is 5. The van der Waals surface area contributed by atoms with Gasteiger partial charge in [-0.25, -0.2) is 0 Å². The van der Waals surface area contributed by atoms with Crippen LogP contribution in [-0.2, 0) is 0 Å². The molecule has 1 aliphatic rings. The lowest BCUT2D eigenvalue weighted by molar-refractivity contribution is -0.384. The Bertz CT molecular complexity index is 832. The zero-order chi connectivity index (χ0) is 18.5. The van der Waals surface area contributed by atoms with Gasteiger partial charge < -0.3 is 4.90 Å². The number of anilines is 1. The SMILES string of the molecule is O=C(NNC(=O)c1ccc(N2CCCC2)c([N+](=O)[O-])c1)c1ccccc1. The maximum absolute atomic E-state index is 12.2. The third-order valence-corrected chi connectivity index (χ3v) is 4.21. The van der Waals surface area contributed by atoms with Crippen LogP contribution in [0.1, 0.15) is 33.6 Å². The number of rotatable bonds is 4. The van der Waals surface area contributed by atoms with E-state index in [-0.39, 0.29) is 11.3 Å². The van der Waals surface area contributed by atoms with Crippen LogP contribution in [0.3, 0.4) is 0 Å². The summed E-state index contributed by atoms with van der Waals surface area (Å²) in [5.41, 5.74) is 5.47. The van der Waals surface area contributed by atoms with Gasteiger partial charge >= 0.3 is 0 Å². The fourth-order valence-electron chi connectivity index (χ4n) is 2.88. The van der Waals surface area contributed by atoms with Gasteiger partial charge in [0.15, 0.2) is 0 Å². The van der Waals surface area contributed by atoms with Crippen LogP contribution in [0.2, 0.25) is 0 Å². The maximum Gasteiger partial charge on any atom is 0.293 e. The molecular weight excluding hydrogens is 336 g/mol. The number of hydrogen-bond donors (Lipinski definition) is 2. The molecule has 0 aliphatic carbocycles. The van der Waals surface area contributed by atoms with Gasteiger partial charge in [-0.2, -0.15) is 0 Å². The first-order chi connectivity index (χ1) is 12.6. The van der Waals surface area contributed by atoms with E-state index in [4.69, 9.17) is 0 Å². The maximum atomic E-state index is 12.2. The molecule has 0 radical (unpaired) electrons. The number of carbonyl (C=O) groups is 2. The number of nitro benzene ring substituents is 1. The van der Waals surface area contributed by atoms with E-state index in [1.54, 1.807) is 36.4 Å². The number of hydrazine groups is 1. The summed E-state index contributed by atoms with van der Waals surface area (Å²) in [5, 5.41) is 11.4. The van der Waals surface area contributed by atoms with Gasteiger partial charge in [0.05, 0.1) is 4.92 Å². The monoisotopic (exact) mass is 354 g/mol. The molecule has 0 saturated carbocycles. The minimum absolute atomic E-state index is 0.105. The van der Waals surface area contributed by atoms with Gasteiger partial charge in [0.2, 0.25) is 0 Å². The zero-order valence-electron chi connectivity index (χ0n) is 14.0. The van der Waals surface area contributed by atoms with Crippen molar-refractivity contribution in [2.45, 2.75) is 12.8 Å². The first-order valence-corrected chi connectivity index (χ1v) is 8.25. The van der Waals surface area contributed by atoms with Crippen molar-refractivity contribution in [3.8, 4) is 0 Å². The molecule has 1 heterocycles. The molecule has 2 aromatic rings. The Morgan fingerprint density at radius 1 is 0.923 bits per heavy atom. The lowest BCUT2D eigenvalue weighted by atomic mass is 10.1. The third-order valence-electron chi connectivity index (χ3n) is 4.21. The van der Waals surface area contributed by atoms with Crippen LogP contribution in [0.5, 0.6) is 0 Å². The lowest BCUT2D eigenvalue weighted by Crippen LogP contribution is -2.41. The van der Waals surface area contributed by atoms with Gasteiger partial charge in [-0.15, -0.1) is 0 Å². The zero-order valence-corrected chi connectivity index (χ0v) is 14.0. The summed E-state index contributed by atoms with van der Waals surface area (Å²) in [4.78, 5) is 37.0. The summed E-state index contributed by atoms with van der Waals surface area (Å²) in [6, 6.07) is 12.7. The smallest absolute Gasteiger partial charge is 0.293 e. The summed E-state index contributed by atoms with van der Waals surface area (Å²) in [5.74, 6) is -1.09. The van der Waals surface area contributed by atoms with E-state index in [2.05, 4.69) is 10.9 Å². The largest absolute Gasteiger partial charge is 0.366 e. The quantitative estimate of drug-likeness (QED) is 0.647. The van der Waals surface area contributed by atoms with Crippen molar-refractivity contribution in [3.05, 3.63) is 69.8 Å². The first-order valence-electron chi connectivity index (χ1n) is 8.25. The Hall–Kier alpha value is -3.42. The summed E-state index contributed by atoms with van der Waals surface area (Å²) >= 11 is 0. The first kappa shape index (κ1) is 17.4. The van der Waals surface area contributed by atoms with Gasteiger partial charge in [0.1, 0.15) is 5.69 Å². The van der Waals surface area contributed by atoms with Crippen LogP contribution in [-0.4, -0.2) is 29.8 Å². The van der Waals surface area contributed by atoms with Crippen molar-refractivity contribution < 1.29 is 14.5 Å². The van der Waals surface area contributed by atoms with Crippen molar-refractivity contribution in [1.29, 1.82) is 0 Å². The fraction of sp³-hybridized carbons (Fsp3) is 0.222. The highest BCUT2D eigenvalue weighted by Crippen LogP contribution is 2.31. The molecule has 0 spiro atoms. The molecule has 0 bridgehead atoms. The van der Waals surface area contributed by atoms with E-state index in [9.17, 15) is 19.7 Å². The highest BCUT2D eigenvalue weighted by atomic mass is 16.6. The van der Waals surface area contributed by atoms with Crippen molar-refractivity contribution in [2.75, 3.05) is 18.0 Å². The van der Waals surface area contributed by atoms with E-state index in [1.165, 1.54) is 12.1 Å². The van der Waals surface area contributed by atoms with Gasteiger partial charge in [0, 0.05) is 30.3 Å². The molecule has 3 rings (SSSR count). The fourth-order valence-corrected chi connectivity index (χ4v) is 2.88. The molecule has 134 valence electrons. The number of nitrogens with one attached hydrogen (secondary N) is 2. The summed E-state index contributed by atoms with van der Waals surface area (Å²) < 4.78 is 0. The van der Waals surface area contributed by atoms with E-state index < -0.39 is 16.7 Å². The predicted molar refractivity (Wildman–Crippen MR) is 95.9 cm³/mol. The molecule has 1 saturated heterocycles. The number of benzene rings is 2. The van der Waals surface area contributed by atoms with Gasteiger partial charge in [-0.1, -0.05) is 18.2 Å². The third kappa shape index (κ3) is 3.80. The van der Waals surface area contributed by atoms with E-state index in [0.29, 0.717) is 11.3 Å². The molecular formula is C18H18N4O4. The van der Waals surface area contributed by atoms with Crippen molar-refractivity contribution in [3.63, 3.8) is 0 Å². The number of nitro groups is 1. The molecule has 8 nitrogen and oxygen atoms in total. The van der Waals surface area contributed by atoms with Crippen LogP contribution >= 0.6 is 0 Å². The van der Waals surface area contributed by atoms with Crippen LogP contribution in [0.25, 0.3) is 0 Å². The summed E-state index contributed by atoms with van der Waals surface area (Å²) in [7, 11) is 0. The van der Waals surface area contributed by atoms with Crippen molar-refractivity contribution in [2.24, 2.45) is 0 Å². The van der Waals surface area contributed by atoms with Crippen LogP contribution in [0.15, 0.2) is 48.5 Å². The molecule has 2 amide bonds. The molecule has 0 aromatic heterocycles. The van der Waals surface area contributed by atoms with E-state index in [0.717, 1.165) is 25.9 Å². The van der Waals surface area contributed by atoms with Crippen molar-refractivity contribution in [1.82, 2.24) is 10.9 Å². The number of amides is 2. The second-order valence-electron chi connectivity index (χ2n) is 5.93. The Morgan fingerprint density at radius 2 is 1.54 bits per heavy atom. The average Bonchev–Trinajstić information content (AvgIpc) is 3.20. The van der Waals surface area contributed by atoms with E-state index in [1.807, 2.05) is 4.90 Å². The lowest BCUT2D eigenvalue weighted by Gasteiger charge is -2.17. The second kappa shape index (κ2) is 7.64. The molecule has 2 aromatic carbocycles. The number of carbonyl (C=O) groups excluding carboxylic acids is 2. The molecule has 8 heteroatoms. The Morgan fingerprint density at radius 3 is 2.15 bits per heavy atom. The van der Waals surface area contributed by atoms with E-state index >= 15 is 0 Å². The minimum Gasteiger partial charge on any atom is -0.366 e. The topological polar surface area (TPSA) is 105 Å². The highest BCUT2D eigenvalue weighted by Gasteiger charge is 2.24. The van der Waals surface area contributed by atoms with Crippen LogP contribution in [0.4, 0.5) is 11.4 Å². The highest BCUT2D eigenvalue weighted by molar-refractivity contribution is 5.99. The van der Waals surface area contributed by atoms with Gasteiger partial charge in [-0.05, 0) is 37.1 Å². The van der Waals surface area contributed by atoms with Crippen molar-refractivity contribution >= 4 is 23.2 Å². The standard InChI is InChI=1S/C18H18N4O4/c23-17(13-6-2-1-3-7-13)19-20-18(24)14-8-9-15(16(12-14)22(25)26)21-10-4-5-11-21/h1-3,6-9,12H,4-5,10-11H2,(H,19,23)(H,20,24). The predicted octanol–water partition coefficient (Wildman–Crippen LogP) is 2.27. The molecule has 0 atom stereocenters. The second-order valence-corrected chi connectivity index (χ2v) is 5.93. The Kier molecular flexibility index (Phi) is 5.12. The number of nitrogens with zero attached hydrogens (tertiary/aromatic N) is 2.